The summed E-state index contributed by atoms with van der Waals surface area (Å²) in [5.74, 6) is 3.31. The van der Waals surface area contributed by atoms with Gasteiger partial charge >= 0.3 is 0 Å². The van der Waals surface area contributed by atoms with E-state index < -0.39 is 0 Å². The number of aliphatic imine (C=N–C) groups is 1. The molecule has 2 N–H and O–H groups in total. The van der Waals surface area contributed by atoms with E-state index in [1.807, 2.05) is 18.2 Å². The second-order valence-corrected chi connectivity index (χ2v) is 13.6. The van der Waals surface area contributed by atoms with Gasteiger partial charge in [-0.05, 0) is 92.5 Å². The molecule has 0 spiro atoms. The molecule has 3 saturated carbocycles. The number of methoxy groups -OCH3 is 1. The molecule has 2 aromatic carbocycles. The van der Waals surface area contributed by atoms with Gasteiger partial charge in [-0.15, -0.1) is 0 Å². The molecule has 3 aromatic rings. The van der Waals surface area contributed by atoms with Crippen LogP contribution in [0.15, 0.2) is 52.5 Å². The number of nitrogens with zero attached hydrogens (tertiary/aromatic N) is 4. The van der Waals surface area contributed by atoms with Crippen LogP contribution in [-0.4, -0.2) is 59.2 Å². The van der Waals surface area contributed by atoms with Crippen LogP contribution < -0.4 is 20.9 Å². The average Bonchev–Trinajstić information content (AvgIpc) is 2.99. The molecule has 3 aliphatic carbocycles. The number of guanidine groups is 1. The van der Waals surface area contributed by atoms with Gasteiger partial charge in [0.1, 0.15) is 11.6 Å². The molecule has 2 heterocycles. The van der Waals surface area contributed by atoms with Gasteiger partial charge in [0.25, 0.3) is 5.56 Å². The number of aromatic nitrogens is 2. The number of benzene rings is 2. The molecule has 9 heteroatoms. The summed E-state index contributed by atoms with van der Waals surface area (Å²) < 4.78 is 21.1. The standard InChI is InChI=1S/C34H45FN6O2/c1-21-18-41(19-22(2)38-21)33(36-17-23-12-25-14-26(13-23)34(25,3)4)39-27-7-9-29-31(15-27)37-20-40(32(29)42)11-10-24-6-8-28(43-5)16-30(24)35/h6-9,15-16,20-23,25-26,38H,10-14,17-19H2,1-5H3,(H,36,39)/t21-,22+,23?,25-,26+. The van der Waals surface area contributed by atoms with Gasteiger partial charge in [-0.2, -0.15) is 0 Å². The normalized spacial score (nSPS) is 26.7. The van der Waals surface area contributed by atoms with Crippen molar-refractivity contribution in [3.05, 3.63) is 64.5 Å². The number of piperazine rings is 1. The predicted octanol–water partition coefficient (Wildman–Crippen LogP) is 5.31. The number of aryl methyl sites for hydroxylation is 2. The summed E-state index contributed by atoms with van der Waals surface area (Å²) in [6.45, 7) is 12.2. The van der Waals surface area contributed by atoms with Crippen molar-refractivity contribution in [2.24, 2.45) is 28.2 Å². The topological polar surface area (TPSA) is 83.8 Å². The minimum atomic E-state index is -0.341. The highest BCUT2D eigenvalue weighted by Gasteiger charge is 2.52. The molecule has 1 aliphatic heterocycles. The van der Waals surface area contributed by atoms with Crippen molar-refractivity contribution in [2.45, 2.75) is 72.0 Å². The van der Waals surface area contributed by atoms with E-state index in [4.69, 9.17) is 9.73 Å². The van der Waals surface area contributed by atoms with Crippen molar-refractivity contribution >= 4 is 22.5 Å². The first-order chi connectivity index (χ1) is 20.6. The fraction of sp³-hybridized carbons (Fsp3) is 0.559. The van der Waals surface area contributed by atoms with Crippen LogP contribution in [0.25, 0.3) is 10.9 Å². The molecular weight excluding hydrogens is 543 g/mol. The second-order valence-electron chi connectivity index (χ2n) is 13.6. The maximum atomic E-state index is 14.4. The number of hydrogen-bond donors (Lipinski definition) is 2. The first kappa shape index (κ1) is 29.6. The Kier molecular flexibility index (Phi) is 8.20. The van der Waals surface area contributed by atoms with Gasteiger partial charge < -0.3 is 20.3 Å². The number of nitrogens with one attached hydrogen (secondary N) is 2. The van der Waals surface area contributed by atoms with Gasteiger partial charge in [0.05, 0.1) is 24.3 Å². The van der Waals surface area contributed by atoms with E-state index in [0.29, 0.717) is 58.6 Å². The summed E-state index contributed by atoms with van der Waals surface area (Å²) in [4.78, 5) is 25.4. The Hall–Kier alpha value is -3.46. The average molecular weight is 589 g/mol. The summed E-state index contributed by atoms with van der Waals surface area (Å²) in [7, 11) is 1.51. The van der Waals surface area contributed by atoms with Crippen LogP contribution in [0.3, 0.4) is 0 Å². The first-order valence-corrected chi connectivity index (χ1v) is 15.7. The Labute approximate surface area is 253 Å². The second kappa shape index (κ2) is 11.9. The predicted molar refractivity (Wildman–Crippen MR) is 170 cm³/mol. The number of anilines is 1. The van der Waals surface area contributed by atoms with Crippen LogP contribution >= 0.6 is 0 Å². The van der Waals surface area contributed by atoms with Gasteiger partial charge in [0.2, 0.25) is 0 Å². The SMILES string of the molecule is COc1ccc(CCn2cnc3cc(NC(=NCC4C[C@@H]5C[C@H](C4)C5(C)C)N4C[C@@H](C)N[C@@H](C)C4)ccc3c2=O)c(F)c1. The molecule has 1 aromatic heterocycles. The third kappa shape index (κ3) is 6.14. The summed E-state index contributed by atoms with van der Waals surface area (Å²) in [5, 5.41) is 7.76. The minimum absolute atomic E-state index is 0.136. The number of hydrogen-bond acceptors (Lipinski definition) is 5. The number of rotatable bonds is 7. The van der Waals surface area contributed by atoms with Crippen molar-refractivity contribution in [1.29, 1.82) is 0 Å². The fourth-order valence-corrected chi connectivity index (χ4v) is 7.53. The van der Waals surface area contributed by atoms with Crippen molar-refractivity contribution in [3.8, 4) is 5.75 Å². The van der Waals surface area contributed by atoms with Crippen molar-refractivity contribution in [1.82, 2.24) is 19.8 Å². The molecule has 0 radical (unpaired) electrons. The van der Waals surface area contributed by atoms with Crippen molar-refractivity contribution < 1.29 is 9.13 Å². The Morgan fingerprint density at radius 1 is 1.12 bits per heavy atom. The third-order valence-corrected chi connectivity index (χ3v) is 10.2. The van der Waals surface area contributed by atoms with Crippen LogP contribution in [0.4, 0.5) is 10.1 Å². The molecule has 1 unspecified atom stereocenters. The summed E-state index contributed by atoms with van der Waals surface area (Å²) >= 11 is 0. The fourth-order valence-electron chi connectivity index (χ4n) is 7.53. The zero-order valence-corrected chi connectivity index (χ0v) is 26.1. The van der Waals surface area contributed by atoms with E-state index in [1.165, 1.54) is 32.4 Å². The Morgan fingerprint density at radius 3 is 2.53 bits per heavy atom. The molecule has 2 bridgehead atoms. The number of fused-ring (bicyclic) bond motifs is 3. The lowest BCUT2D eigenvalue weighted by atomic mass is 9.47. The van der Waals surface area contributed by atoms with Crippen LogP contribution in [0.2, 0.25) is 0 Å². The highest BCUT2D eigenvalue weighted by molar-refractivity contribution is 5.95. The highest BCUT2D eigenvalue weighted by atomic mass is 19.1. The van der Waals surface area contributed by atoms with E-state index in [0.717, 1.165) is 43.1 Å². The highest BCUT2D eigenvalue weighted by Crippen LogP contribution is 2.60. The number of halogens is 1. The smallest absolute Gasteiger partial charge is 0.261 e. The summed E-state index contributed by atoms with van der Waals surface area (Å²) in [5.41, 5.74) is 2.38. The minimum Gasteiger partial charge on any atom is -0.497 e. The maximum Gasteiger partial charge on any atom is 0.261 e. The van der Waals surface area contributed by atoms with Crippen LogP contribution in [0, 0.1) is 29.0 Å². The molecule has 5 atom stereocenters. The quantitative estimate of drug-likeness (QED) is 0.288. The van der Waals surface area contributed by atoms with Gasteiger partial charge in [-0.1, -0.05) is 19.9 Å². The Morgan fingerprint density at radius 2 is 1.86 bits per heavy atom. The molecule has 8 nitrogen and oxygen atoms in total. The van der Waals surface area contributed by atoms with E-state index in [1.54, 1.807) is 23.0 Å². The zero-order valence-electron chi connectivity index (χ0n) is 26.1. The number of ether oxygens (including phenoxy) is 1. The van der Waals surface area contributed by atoms with Gasteiger partial charge in [0.15, 0.2) is 5.96 Å². The maximum absolute atomic E-state index is 14.4. The van der Waals surface area contributed by atoms with Crippen LogP contribution in [0.1, 0.15) is 52.5 Å². The van der Waals surface area contributed by atoms with E-state index in [9.17, 15) is 9.18 Å². The Bertz CT molecular complexity index is 1540. The largest absolute Gasteiger partial charge is 0.497 e. The van der Waals surface area contributed by atoms with Crippen molar-refractivity contribution in [3.63, 3.8) is 0 Å². The van der Waals surface area contributed by atoms with Crippen LogP contribution in [0.5, 0.6) is 5.75 Å². The molecule has 43 heavy (non-hydrogen) atoms. The van der Waals surface area contributed by atoms with Gasteiger partial charge in [0, 0.05) is 50.0 Å². The van der Waals surface area contributed by atoms with Gasteiger partial charge in [-0.25, -0.2) is 9.37 Å². The van der Waals surface area contributed by atoms with E-state index in [2.05, 4.69) is 48.2 Å². The van der Waals surface area contributed by atoms with Crippen molar-refractivity contribution in [2.75, 3.05) is 32.1 Å². The van der Waals surface area contributed by atoms with E-state index in [-0.39, 0.29) is 11.4 Å². The molecule has 7 rings (SSSR count). The molecule has 230 valence electrons. The molecule has 0 amide bonds. The lowest BCUT2D eigenvalue weighted by molar-refractivity contribution is -0.0877. The summed E-state index contributed by atoms with van der Waals surface area (Å²) in [6.07, 6.45) is 5.86. The Balaban J connectivity index is 1.19. The zero-order chi connectivity index (χ0) is 30.3. The molecule has 4 fully saturated rings. The van der Waals surface area contributed by atoms with Crippen LogP contribution in [-0.2, 0) is 13.0 Å². The molecule has 4 aliphatic rings. The monoisotopic (exact) mass is 588 g/mol. The molecule has 1 saturated heterocycles. The lowest BCUT2D eigenvalue weighted by Gasteiger charge is -2.58. The third-order valence-electron chi connectivity index (χ3n) is 10.2. The molecular formula is C34H45FN6O2. The van der Waals surface area contributed by atoms with E-state index >= 15 is 0 Å². The van der Waals surface area contributed by atoms with Gasteiger partial charge in [-0.3, -0.25) is 14.4 Å². The first-order valence-electron chi connectivity index (χ1n) is 15.7. The summed E-state index contributed by atoms with van der Waals surface area (Å²) in [6, 6.07) is 11.2. The lowest BCUT2D eigenvalue weighted by Crippen LogP contribution is -2.57.